The van der Waals surface area contributed by atoms with Crippen LogP contribution in [0.3, 0.4) is 0 Å². The molecule has 2 aromatic carbocycles. The first-order valence-corrected chi connectivity index (χ1v) is 5.76. The first kappa shape index (κ1) is 16.2. The number of hydrogen-bond donors (Lipinski definition) is 0. The van der Waals surface area contributed by atoms with Crippen LogP contribution in [0.5, 0.6) is 5.75 Å². The smallest absolute Gasteiger partial charge is 0.344 e. The van der Waals surface area contributed by atoms with Crippen molar-refractivity contribution in [1.82, 2.24) is 0 Å². The Morgan fingerprint density at radius 2 is 1.48 bits per heavy atom. The van der Waals surface area contributed by atoms with Crippen molar-refractivity contribution >= 4 is 11.7 Å². The highest BCUT2D eigenvalue weighted by Gasteiger charge is 2.29. The van der Waals surface area contributed by atoms with Gasteiger partial charge in [0.05, 0.1) is 11.3 Å². The number of halogens is 5. The van der Waals surface area contributed by atoms with E-state index in [1.165, 1.54) is 18.2 Å². The largest absolute Gasteiger partial charge is 0.416 e. The van der Waals surface area contributed by atoms with Gasteiger partial charge in [-0.25, -0.2) is 18.0 Å². The molecule has 0 aromatic heterocycles. The number of azide groups is 1. The molecule has 0 amide bonds. The minimum Gasteiger partial charge on any atom is -0.416 e. The molecule has 2 aromatic rings. The summed E-state index contributed by atoms with van der Waals surface area (Å²) in [6.45, 7) is 0. The zero-order valence-electron chi connectivity index (χ0n) is 10.9. The average molecular weight is 329 g/mol. The molecule has 0 aliphatic carbocycles. The predicted molar refractivity (Wildman–Crippen MR) is 66.4 cm³/mol. The third kappa shape index (κ3) is 2.92. The van der Waals surface area contributed by atoms with Gasteiger partial charge in [-0.1, -0.05) is 23.3 Å². The van der Waals surface area contributed by atoms with Crippen LogP contribution < -0.4 is 4.74 Å². The van der Waals surface area contributed by atoms with Gasteiger partial charge in [-0.15, -0.1) is 0 Å². The van der Waals surface area contributed by atoms with Crippen LogP contribution in [-0.2, 0) is 0 Å². The molecule has 0 saturated heterocycles. The molecule has 0 spiro atoms. The lowest BCUT2D eigenvalue weighted by Gasteiger charge is -2.09. The quantitative estimate of drug-likeness (QED) is 0.121. The lowest BCUT2D eigenvalue weighted by Crippen LogP contribution is -2.13. The summed E-state index contributed by atoms with van der Waals surface area (Å²) in [5.74, 6) is -14.7. The molecule has 0 unspecified atom stereocenters. The average Bonchev–Trinajstić information content (AvgIpc) is 2.56. The van der Waals surface area contributed by atoms with Crippen molar-refractivity contribution in [3.63, 3.8) is 0 Å². The Morgan fingerprint density at radius 1 is 0.957 bits per heavy atom. The maximum atomic E-state index is 13.4. The van der Waals surface area contributed by atoms with Gasteiger partial charge in [0.25, 0.3) is 0 Å². The Balaban J connectivity index is 2.49. The maximum absolute atomic E-state index is 13.4. The Kier molecular flexibility index (Phi) is 4.47. The van der Waals surface area contributed by atoms with E-state index < -0.39 is 46.4 Å². The van der Waals surface area contributed by atoms with Gasteiger partial charge >= 0.3 is 5.97 Å². The van der Waals surface area contributed by atoms with E-state index in [-0.39, 0.29) is 5.69 Å². The van der Waals surface area contributed by atoms with E-state index in [1.54, 1.807) is 0 Å². The van der Waals surface area contributed by atoms with Crippen molar-refractivity contribution < 1.29 is 31.5 Å². The molecular formula is C13H4F5N3O2. The number of nitrogens with zero attached hydrogens (tertiary/aromatic N) is 3. The molecule has 0 N–H and O–H groups in total. The summed E-state index contributed by atoms with van der Waals surface area (Å²) in [5, 5.41) is 3.15. The van der Waals surface area contributed by atoms with E-state index in [1.807, 2.05) is 0 Å². The van der Waals surface area contributed by atoms with Gasteiger partial charge in [-0.05, 0) is 11.6 Å². The molecule has 0 saturated carbocycles. The van der Waals surface area contributed by atoms with E-state index in [0.29, 0.717) is 0 Å². The third-order valence-electron chi connectivity index (χ3n) is 2.64. The first-order valence-electron chi connectivity index (χ1n) is 5.76. The molecule has 5 nitrogen and oxygen atoms in total. The monoisotopic (exact) mass is 329 g/mol. The van der Waals surface area contributed by atoms with Crippen LogP contribution in [0.15, 0.2) is 29.4 Å². The molecule has 0 radical (unpaired) electrons. The summed E-state index contributed by atoms with van der Waals surface area (Å²) in [7, 11) is 0. The number of carbonyl (C=O) groups is 1. The molecule has 118 valence electrons. The Labute approximate surface area is 124 Å². The molecule has 10 heteroatoms. The predicted octanol–water partition coefficient (Wildman–Crippen LogP) is 4.54. The number of hydrogen-bond acceptors (Lipinski definition) is 3. The Morgan fingerprint density at radius 3 is 2.04 bits per heavy atom. The second-order valence-electron chi connectivity index (χ2n) is 4.00. The van der Waals surface area contributed by atoms with Crippen molar-refractivity contribution in [2.75, 3.05) is 0 Å². The summed E-state index contributed by atoms with van der Waals surface area (Å²) < 4.78 is 70.1. The van der Waals surface area contributed by atoms with Crippen molar-refractivity contribution in [1.29, 1.82) is 0 Å². The summed E-state index contributed by atoms with van der Waals surface area (Å²) in [6, 6.07) is 4.97. The topological polar surface area (TPSA) is 75.1 Å². The van der Waals surface area contributed by atoms with E-state index in [4.69, 9.17) is 5.53 Å². The highest BCUT2D eigenvalue weighted by molar-refractivity contribution is 5.96. The molecule has 0 aliphatic heterocycles. The van der Waals surface area contributed by atoms with Crippen molar-refractivity contribution in [2.45, 2.75) is 0 Å². The van der Waals surface area contributed by atoms with Crippen LogP contribution in [0.25, 0.3) is 10.4 Å². The van der Waals surface area contributed by atoms with Gasteiger partial charge in [0.15, 0.2) is 0 Å². The number of carbonyl (C=O) groups excluding carboxylic acids is 1. The van der Waals surface area contributed by atoms with Crippen LogP contribution in [0.4, 0.5) is 27.6 Å². The standard InChI is InChI=1S/C13H4F5N3O2/c14-7-8(15)10(17)12(11(18)9(7)16)23-13(22)5-3-1-2-4-6(5)20-21-19/h1-4H. The summed E-state index contributed by atoms with van der Waals surface area (Å²) in [5.41, 5.74) is 7.68. The Hall–Kier alpha value is -3.13. The van der Waals surface area contributed by atoms with Crippen LogP contribution in [0.1, 0.15) is 10.4 Å². The van der Waals surface area contributed by atoms with E-state index in [9.17, 15) is 26.7 Å². The molecule has 0 heterocycles. The number of benzene rings is 2. The first-order chi connectivity index (χ1) is 10.9. The van der Waals surface area contributed by atoms with Gasteiger partial charge in [0, 0.05) is 4.91 Å². The third-order valence-corrected chi connectivity index (χ3v) is 2.64. The zero-order chi connectivity index (χ0) is 17.1. The highest BCUT2D eigenvalue weighted by Crippen LogP contribution is 2.30. The van der Waals surface area contributed by atoms with Crippen molar-refractivity contribution in [3.05, 3.63) is 69.4 Å². The minimum atomic E-state index is -2.38. The minimum absolute atomic E-state index is 0.246. The SMILES string of the molecule is [N-]=[N+]=Nc1ccccc1C(=O)Oc1c(F)c(F)c(F)c(F)c1F. The molecular weight excluding hydrogens is 325 g/mol. The normalized spacial score (nSPS) is 10.1. The fourth-order valence-electron chi connectivity index (χ4n) is 1.60. The lowest BCUT2D eigenvalue weighted by atomic mass is 10.2. The van der Waals surface area contributed by atoms with Crippen LogP contribution in [0.2, 0.25) is 0 Å². The van der Waals surface area contributed by atoms with Gasteiger partial charge in [0.2, 0.25) is 34.8 Å². The molecule has 0 fully saturated rings. The Bertz CT molecular complexity index is 821. The van der Waals surface area contributed by atoms with E-state index in [0.717, 1.165) is 6.07 Å². The fraction of sp³-hybridized carbons (Fsp3) is 0. The van der Waals surface area contributed by atoms with Gasteiger partial charge in [-0.3, -0.25) is 0 Å². The van der Waals surface area contributed by atoms with Crippen LogP contribution in [-0.4, -0.2) is 5.97 Å². The summed E-state index contributed by atoms with van der Waals surface area (Å²) in [6.07, 6.45) is 0. The zero-order valence-corrected chi connectivity index (χ0v) is 10.9. The molecule has 0 atom stereocenters. The van der Waals surface area contributed by atoms with Gasteiger partial charge in [0.1, 0.15) is 0 Å². The number of esters is 1. The number of ether oxygens (including phenoxy) is 1. The molecule has 2 rings (SSSR count). The molecule has 0 bridgehead atoms. The number of rotatable bonds is 3. The van der Waals surface area contributed by atoms with Gasteiger partial charge < -0.3 is 4.74 Å². The summed E-state index contributed by atoms with van der Waals surface area (Å²) >= 11 is 0. The molecule has 0 aliphatic rings. The van der Waals surface area contributed by atoms with E-state index in [2.05, 4.69) is 14.8 Å². The van der Waals surface area contributed by atoms with Gasteiger partial charge in [-0.2, -0.15) is 8.78 Å². The van der Waals surface area contributed by atoms with E-state index >= 15 is 0 Å². The summed E-state index contributed by atoms with van der Waals surface area (Å²) in [4.78, 5) is 14.3. The second kappa shape index (κ2) is 6.32. The van der Waals surface area contributed by atoms with Crippen LogP contribution >= 0.6 is 0 Å². The fourth-order valence-corrected chi connectivity index (χ4v) is 1.60. The van der Waals surface area contributed by atoms with Crippen molar-refractivity contribution in [2.24, 2.45) is 5.11 Å². The second-order valence-corrected chi connectivity index (χ2v) is 4.00. The highest BCUT2D eigenvalue weighted by atomic mass is 19.2. The van der Waals surface area contributed by atoms with Crippen molar-refractivity contribution in [3.8, 4) is 5.75 Å². The lowest BCUT2D eigenvalue weighted by molar-refractivity contribution is 0.0717. The maximum Gasteiger partial charge on any atom is 0.344 e. The molecule has 23 heavy (non-hydrogen) atoms. The van der Waals surface area contributed by atoms with Crippen LogP contribution in [0, 0.1) is 29.1 Å².